The molecule has 1 rings (SSSR count). The van der Waals surface area contributed by atoms with Crippen LogP contribution in [-0.4, -0.2) is 28.1 Å². The molecule has 0 saturated carbocycles. The van der Waals surface area contributed by atoms with E-state index in [1.165, 1.54) is 11.7 Å². The first-order valence-electron chi connectivity index (χ1n) is 3.81. The van der Waals surface area contributed by atoms with Gasteiger partial charge in [0.05, 0.1) is 0 Å². The Morgan fingerprint density at radius 2 is 2.44 bits per heavy atom. The van der Waals surface area contributed by atoms with Gasteiger partial charge in [0, 0.05) is 5.38 Å². The lowest BCUT2D eigenvalue weighted by Crippen LogP contribution is -2.06. The van der Waals surface area contributed by atoms with Crippen molar-refractivity contribution in [2.75, 3.05) is 5.73 Å². The maximum absolute atomic E-state index is 10.5. The number of nitrogen functional groups attached to an aromatic ring is 1. The summed E-state index contributed by atoms with van der Waals surface area (Å²) in [4.78, 5) is 28.9. The highest BCUT2D eigenvalue weighted by atomic mass is 32.1. The molecule has 3 N–H and O–H groups in total. The van der Waals surface area contributed by atoms with Crippen molar-refractivity contribution in [3.8, 4) is 0 Å². The van der Waals surface area contributed by atoms with Crippen LogP contribution in [0.4, 0.5) is 5.13 Å². The number of aromatic nitrogens is 1. The molecule has 0 aliphatic rings. The molecule has 1 aromatic heterocycles. The summed E-state index contributed by atoms with van der Waals surface area (Å²) < 4.78 is 0. The van der Waals surface area contributed by atoms with Gasteiger partial charge in [-0.05, 0) is 6.58 Å². The number of aliphatic carboxylic acids is 1. The SMILES string of the molecule is C=C(O/N=C(\[C]=O)c1csc(N)n1)C(=O)O. The Bertz CT molecular complexity index is 466. The molecule has 0 unspecified atom stereocenters. The van der Waals surface area contributed by atoms with E-state index in [-0.39, 0.29) is 16.5 Å². The molecule has 16 heavy (non-hydrogen) atoms. The van der Waals surface area contributed by atoms with Gasteiger partial charge < -0.3 is 15.7 Å². The summed E-state index contributed by atoms with van der Waals surface area (Å²) in [6.07, 6.45) is 1.46. The van der Waals surface area contributed by atoms with Gasteiger partial charge in [-0.3, -0.25) is 4.79 Å². The fourth-order valence-electron chi connectivity index (χ4n) is 0.654. The lowest BCUT2D eigenvalue weighted by atomic mass is 10.3. The smallest absolute Gasteiger partial charge is 0.374 e. The molecule has 1 radical (unpaired) electrons. The second-order valence-corrected chi connectivity index (χ2v) is 3.32. The fourth-order valence-corrected chi connectivity index (χ4v) is 1.20. The topological polar surface area (TPSA) is 115 Å². The predicted molar refractivity (Wildman–Crippen MR) is 56.6 cm³/mol. The van der Waals surface area contributed by atoms with Gasteiger partial charge in [0.2, 0.25) is 5.76 Å². The van der Waals surface area contributed by atoms with E-state index in [9.17, 15) is 9.59 Å². The van der Waals surface area contributed by atoms with Crippen molar-refractivity contribution >= 4 is 34.4 Å². The highest BCUT2D eigenvalue weighted by Crippen LogP contribution is 2.11. The molecule has 0 spiro atoms. The van der Waals surface area contributed by atoms with Crippen LogP contribution in [0, 0.1) is 0 Å². The van der Waals surface area contributed by atoms with Gasteiger partial charge in [0.1, 0.15) is 5.69 Å². The van der Waals surface area contributed by atoms with Crippen LogP contribution < -0.4 is 5.73 Å². The Balaban J connectivity index is 2.83. The number of thiazole rings is 1. The number of hydrogen-bond acceptors (Lipinski definition) is 7. The van der Waals surface area contributed by atoms with Crippen LogP contribution in [0.1, 0.15) is 5.69 Å². The average Bonchev–Trinajstić information content (AvgIpc) is 2.65. The number of anilines is 1. The van der Waals surface area contributed by atoms with Crippen molar-refractivity contribution in [3.05, 3.63) is 23.4 Å². The summed E-state index contributed by atoms with van der Waals surface area (Å²) >= 11 is 1.10. The molecule has 0 aliphatic carbocycles. The van der Waals surface area contributed by atoms with Gasteiger partial charge >= 0.3 is 5.97 Å². The van der Waals surface area contributed by atoms with Gasteiger partial charge in [0.25, 0.3) is 6.29 Å². The minimum atomic E-state index is -1.38. The van der Waals surface area contributed by atoms with Crippen molar-refractivity contribution in [1.29, 1.82) is 0 Å². The van der Waals surface area contributed by atoms with Crippen molar-refractivity contribution in [3.63, 3.8) is 0 Å². The first kappa shape index (κ1) is 11.9. The molecule has 1 heterocycles. The molecule has 0 fully saturated rings. The Kier molecular flexibility index (Phi) is 3.72. The van der Waals surface area contributed by atoms with Gasteiger partial charge in [0.15, 0.2) is 10.8 Å². The number of carbonyl (C=O) groups excluding carboxylic acids is 1. The van der Waals surface area contributed by atoms with E-state index < -0.39 is 11.7 Å². The minimum Gasteiger partial charge on any atom is -0.475 e. The molecule has 0 bridgehead atoms. The second-order valence-electron chi connectivity index (χ2n) is 2.43. The summed E-state index contributed by atoms with van der Waals surface area (Å²) in [5, 5.41) is 13.4. The lowest BCUT2D eigenvalue weighted by Gasteiger charge is -1.96. The highest BCUT2D eigenvalue weighted by molar-refractivity contribution is 7.13. The van der Waals surface area contributed by atoms with Gasteiger partial charge in [-0.1, -0.05) is 5.16 Å². The molecule has 1 aromatic rings. The number of carbonyl (C=O) groups is 1. The highest BCUT2D eigenvalue weighted by Gasteiger charge is 2.11. The van der Waals surface area contributed by atoms with Crippen LogP contribution in [-0.2, 0) is 14.4 Å². The maximum atomic E-state index is 10.5. The summed E-state index contributed by atoms with van der Waals surface area (Å²) in [5.41, 5.74) is 5.23. The molecule has 83 valence electrons. The van der Waals surface area contributed by atoms with E-state index >= 15 is 0 Å². The first-order chi connectivity index (χ1) is 7.54. The van der Waals surface area contributed by atoms with E-state index in [0.717, 1.165) is 11.3 Å². The van der Waals surface area contributed by atoms with E-state index in [0.29, 0.717) is 0 Å². The van der Waals surface area contributed by atoms with Crippen LogP contribution in [0.2, 0.25) is 0 Å². The van der Waals surface area contributed by atoms with E-state index in [1.54, 1.807) is 0 Å². The average molecular weight is 240 g/mol. The lowest BCUT2D eigenvalue weighted by molar-refractivity contribution is -0.136. The largest absolute Gasteiger partial charge is 0.475 e. The Labute approximate surface area is 93.8 Å². The third-order valence-electron chi connectivity index (χ3n) is 1.35. The maximum Gasteiger partial charge on any atom is 0.374 e. The van der Waals surface area contributed by atoms with Crippen LogP contribution in [0.25, 0.3) is 0 Å². The Hall–Kier alpha value is -2.22. The second kappa shape index (κ2) is 5.03. The number of carboxylic acid groups (broad SMARTS) is 1. The van der Waals surface area contributed by atoms with E-state index in [2.05, 4.69) is 21.6 Å². The number of nitrogens with two attached hydrogens (primary N) is 1. The van der Waals surface area contributed by atoms with Crippen LogP contribution in [0.5, 0.6) is 0 Å². The fraction of sp³-hybridized carbons (Fsp3) is 0. The molecule has 0 aliphatic heterocycles. The van der Waals surface area contributed by atoms with Gasteiger partial charge in [-0.2, -0.15) is 0 Å². The van der Waals surface area contributed by atoms with Crippen molar-refractivity contribution < 1.29 is 19.5 Å². The number of rotatable bonds is 5. The molecule has 0 saturated heterocycles. The normalized spacial score (nSPS) is 10.9. The van der Waals surface area contributed by atoms with Gasteiger partial charge in [-0.15, -0.1) is 11.3 Å². The summed E-state index contributed by atoms with van der Waals surface area (Å²) in [6, 6.07) is 0. The zero-order chi connectivity index (χ0) is 12.1. The summed E-state index contributed by atoms with van der Waals surface area (Å²) in [6.45, 7) is 3.06. The molecule has 0 atom stereocenters. The third-order valence-corrected chi connectivity index (χ3v) is 2.02. The standard InChI is InChI=1S/C8H6N3O4S/c1-4(7(13)14)15-11-5(2-12)6-3-16-8(9)10-6/h3H,1H2,(H2,9,10)(H,13,14)/b11-5+. The third kappa shape index (κ3) is 2.89. The minimum absolute atomic E-state index is 0.163. The molecule has 8 heteroatoms. The summed E-state index contributed by atoms with van der Waals surface area (Å²) in [5.74, 6) is -2.00. The zero-order valence-corrected chi connectivity index (χ0v) is 8.65. The molecular formula is C8H6N3O4S. The van der Waals surface area contributed by atoms with Crippen LogP contribution in [0.3, 0.4) is 0 Å². The van der Waals surface area contributed by atoms with E-state index in [1.807, 2.05) is 0 Å². The summed E-state index contributed by atoms with van der Waals surface area (Å²) in [7, 11) is 0. The Morgan fingerprint density at radius 1 is 1.75 bits per heavy atom. The number of hydrogen-bond donors (Lipinski definition) is 2. The number of oxime groups is 1. The van der Waals surface area contributed by atoms with Crippen LogP contribution >= 0.6 is 11.3 Å². The Morgan fingerprint density at radius 3 is 2.88 bits per heavy atom. The van der Waals surface area contributed by atoms with Crippen LogP contribution in [0.15, 0.2) is 22.9 Å². The molecule has 0 aromatic carbocycles. The van der Waals surface area contributed by atoms with Crippen molar-refractivity contribution in [2.24, 2.45) is 5.16 Å². The molecule has 0 amide bonds. The first-order valence-corrected chi connectivity index (χ1v) is 4.69. The van der Waals surface area contributed by atoms with Gasteiger partial charge in [-0.25, -0.2) is 9.78 Å². The molecular weight excluding hydrogens is 234 g/mol. The quantitative estimate of drug-likeness (QED) is 0.327. The number of nitrogens with zero attached hydrogens (tertiary/aromatic N) is 2. The van der Waals surface area contributed by atoms with E-state index in [4.69, 9.17) is 10.8 Å². The predicted octanol–water partition coefficient (Wildman–Crippen LogP) is 0.154. The molecule has 7 nitrogen and oxygen atoms in total. The number of carboxylic acids is 1. The zero-order valence-electron chi connectivity index (χ0n) is 7.84. The van der Waals surface area contributed by atoms with Crippen molar-refractivity contribution in [1.82, 2.24) is 4.98 Å². The monoisotopic (exact) mass is 240 g/mol. The van der Waals surface area contributed by atoms with Crippen molar-refractivity contribution in [2.45, 2.75) is 0 Å².